The summed E-state index contributed by atoms with van der Waals surface area (Å²) in [7, 11) is 1.25. The lowest BCUT2D eigenvalue weighted by molar-refractivity contribution is -0.870. The average molecular weight is 1180 g/mol. The summed E-state index contributed by atoms with van der Waals surface area (Å²) in [6.07, 6.45) is 85.8. The molecule has 0 aliphatic heterocycles. The van der Waals surface area contributed by atoms with E-state index in [2.05, 4.69) is 43.5 Å². The van der Waals surface area contributed by atoms with Crippen molar-refractivity contribution in [3.8, 4) is 0 Å². The van der Waals surface area contributed by atoms with Gasteiger partial charge in [-0.05, 0) is 44.9 Å². The zero-order valence-electron chi connectivity index (χ0n) is 55.7. The Morgan fingerprint density at radius 2 is 0.683 bits per heavy atom. The van der Waals surface area contributed by atoms with Gasteiger partial charge in [0.25, 0.3) is 7.82 Å². The van der Waals surface area contributed by atoms with Crippen molar-refractivity contribution in [2.24, 2.45) is 0 Å². The van der Waals surface area contributed by atoms with Gasteiger partial charge in [-0.3, -0.25) is 9.36 Å². The molecule has 0 bridgehead atoms. The largest absolute Gasteiger partial charge is 0.756 e. The Morgan fingerprint density at radius 1 is 0.415 bits per heavy atom. The number of amides is 1. The van der Waals surface area contributed by atoms with Crippen molar-refractivity contribution in [2.75, 3.05) is 40.9 Å². The minimum Gasteiger partial charge on any atom is -0.756 e. The third kappa shape index (κ3) is 66.2. The van der Waals surface area contributed by atoms with Crippen molar-refractivity contribution < 1.29 is 32.9 Å². The highest BCUT2D eigenvalue weighted by molar-refractivity contribution is 7.45. The molecule has 9 heteroatoms. The van der Waals surface area contributed by atoms with Crippen LogP contribution in [0.2, 0.25) is 0 Å². The van der Waals surface area contributed by atoms with Crippen molar-refractivity contribution >= 4 is 13.7 Å². The lowest BCUT2D eigenvalue weighted by Crippen LogP contribution is -2.45. The molecule has 0 saturated heterocycles. The van der Waals surface area contributed by atoms with E-state index >= 15 is 0 Å². The predicted molar refractivity (Wildman–Crippen MR) is 358 cm³/mol. The molecule has 0 rings (SSSR count). The van der Waals surface area contributed by atoms with Gasteiger partial charge in [0.15, 0.2) is 0 Å². The second-order valence-corrected chi connectivity index (χ2v) is 27.7. The number of likely N-dealkylation sites (N-methyl/N-ethyl adjacent to an activating group) is 1. The van der Waals surface area contributed by atoms with Crippen LogP contribution in [0.25, 0.3) is 0 Å². The molecule has 0 spiro atoms. The summed E-state index contributed by atoms with van der Waals surface area (Å²) in [6.45, 7) is 4.69. The molecule has 0 aliphatic carbocycles. The van der Waals surface area contributed by atoms with Gasteiger partial charge in [-0.25, -0.2) is 0 Å². The van der Waals surface area contributed by atoms with E-state index in [9.17, 15) is 19.4 Å². The maximum atomic E-state index is 13.0. The van der Waals surface area contributed by atoms with Crippen molar-refractivity contribution in [2.45, 2.75) is 386 Å². The van der Waals surface area contributed by atoms with E-state index in [1.807, 2.05) is 27.2 Å². The highest BCUT2D eigenvalue weighted by Gasteiger charge is 2.23. The van der Waals surface area contributed by atoms with Gasteiger partial charge in [0.2, 0.25) is 5.91 Å². The number of phosphoric ester groups is 1. The van der Waals surface area contributed by atoms with Crippen molar-refractivity contribution in [3.63, 3.8) is 0 Å². The predicted octanol–water partition coefficient (Wildman–Crippen LogP) is 22.6. The number of nitrogens with zero attached hydrogens (tertiary/aromatic N) is 1. The first-order valence-electron chi connectivity index (χ1n) is 36.4. The molecule has 0 radical (unpaired) electrons. The maximum absolute atomic E-state index is 13.0. The van der Waals surface area contributed by atoms with Crippen molar-refractivity contribution in [1.82, 2.24) is 5.32 Å². The van der Waals surface area contributed by atoms with Crippen LogP contribution in [-0.4, -0.2) is 68.5 Å². The number of aliphatic hydroxyl groups is 1. The molecule has 0 saturated carbocycles. The molecule has 3 unspecified atom stereocenters. The number of carbonyl (C=O) groups is 1. The summed E-state index contributed by atoms with van der Waals surface area (Å²) in [4.78, 5) is 25.6. The Balaban J connectivity index is 4.08. The molecule has 0 aromatic heterocycles. The van der Waals surface area contributed by atoms with Gasteiger partial charge in [0, 0.05) is 6.42 Å². The van der Waals surface area contributed by atoms with Crippen LogP contribution in [0.3, 0.4) is 0 Å². The van der Waals surface area contributed by atoms with Gasteiger partial charge in [0.05, 0.1) is 39.9 Å². The number of allylic oxidation sites excluding steroid dienone is 5. The van der Waals surface area contributed by atoms with E-state index < -0.39 is 26.6 Å². The number of rotatable bonds is 68. The maximum Gasteiger partial charge on any atom is 0.268 e. The fourth-order valence-electron chi connectivity index (χ4n) is 11.2. The second kappa shape index (κ2) is 64.2. The minimum atomic E-state index is -4.62. The first-order chi connectivity index (χ1) is 40.0. The summed E-state index contributed by atoms with van der Waals surface area (Å²) in [5, 5.41) is 13.9. The molecule has 0 fully saturated rings. The van der Waals surface area contributed by atoms with Crippen LogP contribution in [0.5, 0.6) is 0 Å². The van der Waals surface area contributed by atoms with E-state index in [0.717, 1.165) is 44.9 Å². The summed E-state index contributed by atoms with van der Waals surface area (Å²) in [5.74, 6) is -0.203. The molecule has 0 aromatic carbocycles. The molecule has 0 heterocycles. The lowest BCUT2D eigenvalue weighted by Gasteiger charge is -2.29. The molecule has 82 heavy (non-hydrogen) atoms. The minimum absolute atomic E-state index is 0.00703. The number of hydrogen-bond acceptors (Lipinski definition) is 6. The number of quaternary nitrogens is 1. The monoisotopic (exact) mass is 1180 g/mol. The van der Waals surface area contributed by atoms with Crippen LogP contribution in [-0.2, 0) is 18.4 Å². The van der Waals surface area contributed by atoms with E-state index in [1.54, 1.807) is 6.08 Å². The number of hydrogen-bond donors (Lipinski definition) is 2. The van der Waals surface area contributed by atoms with Crippen LogP contribution in [0.15, 0.2) is 36.5 Å². The van der Waals surface area contributed by atoms with E-state index in [4.69, 9.17) is 9.05 Å². The number of carbonyl (C=O) groups excluding carboxylic acids is 1. The second-order valence-electron chi connectivity index (χ2n) is 26.3. The average Bonchev–Trinajstić information content (AvgIpc) is 3.47. The molecule has 2 N–H and O–H groups in total. The lowest BCUT2D eigenvalue weighted by atomic mass is 10.0. The standard InChI is InChI=1S/C73H143N2O6P/c1-6-8-10-12-14-16-18-20-22-24-26-28-30-32-34-36-37-39-40-42-44-46-48-50-52-54-56-58-60-62-64-66-72(76)71(70-81-82(78,79)80-69-68-75(3,4)5)74-73(77)67-65-63-61-59-57-55-53-51-49-47-45-43-41-38-35-33-31-29-27-25-23-21-19-17-15-13-11-9-7-2/h48,50,56,58,64,66,71-72,76H,6-47,49,51-55,57,59-63,65,67-70H2,1-5H3,(H-,74,77,78,79)/b50-48+,58-56+,66-64+. The summed E-state index contributed by atoms with van der Waals surface area (Å²) >= 11 is 0. The van der Waals surface area contributed by atoms with E-state index in [1.165, 1.54) is 308 Å². The Labute approximate surface area is 512 Å². The summed E-state index contributed by atoms with van der Waals surface area (Å²) < 4.78 is 23.4. The summed E-state index contributed by atoms with van der Waals surface area (Å²) in [5.41, 5.74) is 0. The number of phosphoric acid groups is 1. The first-order valence-corrected chi connectivity index (χ1v) is 37.8. The van der Waals surface area contributed by atoms with Gasteiger partial charge in [-0.1, -0.05) is 359 Å². The summed E-state index contributed by atoms with van der Waals surface area (Å²) in [6, 6.07) is -0.910. The van der Waals surface area contributed by atoms with Crippen LogP contribution in [0.4, 0.5) is 0 Å². The van der Waals surface area contributed by atoms with Gasteiger partial charge in [0.1, 0.15) is 13.2 Å². The quantitative estimate of drug-likeness (QED) is 0.0272. The molecule has 0 aromatic rings. The molecular weight excluding hydrogens is 1030 g/mol. The van der Waals surface area contributed by atoms with Gasteiger partial charge in [-0.2, -0.15) is 0 Å². The molecular formula is C73H143N2O6P. The molecule has 8 nitrogen and oxygen atoms in total. The zero-order chi connectivity index (χ0) is 59.8. The third-order valence-electron chi connectivity index (χ3n) is 16.8. The topological polar surface area (TPSA) is 108 Å². The Morgan fingerprint density at radius 3 is 0.988 bits per heavy atom. The van der Waals surface area contributed by atoms with Crippen LogP contribution in [0, 0.1) is 0 Å². The highest BCUT2D eigenvalue weighted by Crippen LogP contribution is 2.38. The van der Waals surface area contributed by atoms with Gasteiger partial charge < -0.3 is 28.8 Å². The number of aliphatic hydroxyl groups excluding tert-OH is 1. The van der Waals surface area contributed by atoms with Crippen LogP contribution in [0.1, 0.15) is 373 Å². The fourth-order valence-corrected chi connectivity index (χ4v) is 11.9. The zero-order valence-corrected chi connectivity index (χ0v) is 56.6. The van der Waals surface area contributed by atoms with Gasteiger partial charge >= 0.3 is 0 Å². The Kier molecular flexibility index (Phi) is 63.2. The Hall–Kier alpha value is -1.28. The molecule has 486 valence electrons. The molecule has 1 amide bonds. The van der Waals surface area contributed by atoms with Crippen molar-refractivity contribution in [3.05, 3.63) is 36.5 Å². The van der Waals surface area contributed by atoms with E-state index in [-0.39, 0.29) is 12.5 Å². The van der Waals surface area contributed by atoms with Crippen LogP contribution >= 0.6 is 7.82 Å². The van der Waals surface area contributed by atoms with Crippen molar-refractivity contribution in [1.29, 1.82) is 0 Å². The normalized spacial score (nSPS) is 13.8. The smallest absolute Gasteiger partial charge is 0.268 e. The number of nitrogens with one attached hydrogen (secondary N) is 1. The van der Waals surface area contributed by atoms with E-state index in [0.29, 0.717) is 17.4 Å². The number of unbranched alkanes of at least 4 members (excludes halogenated alkanes) is 51. The molecule has 3 atom stereocenters. The highest BCUT2D eigenvalue weighted by atomic mass is 31.2. The first kappa shape index (κ1) is 80.7. The third-order valence-corrected chi connectivity index (χ3v) is 17.8. The fraction of sp³-hybridized carbons (Fsp3) is 0.904. The SMILES string of the molecule is CCCCCCCCCCCCCCCCCCCCCCC/C=C/CC/C=C/CC/C=C/C(O)C(COP(=O)([O-])OCC[N+](C)(C)C)NC(=O)CCCCCCCCCCCCCCCCCCCCCCCCCCCCCCC. The van der Waals surface area contributed by atoms with Gasteiger partial charge in [-0.15, -0.1) is 0 Å². The van der Waals surface area contributed by atoms with Crippen LogP contribution < -0.4 is 10.2 Å². The Bertz CT molecular complexity index is 1430. The molecule has 0 aliphatic rings.